The highest BCUT2D eigenvalue weighted by Gasteiger charge is 2.16. The monoisotopic (exact) mass is 250 g/mol. The molecule has 2 rings (SSSR count). The number of aryl methyl sites for hydroxylation is 1. The normalized spacial score (nSPS) is 21.6. The van der Waals surface area contributed by atoms with E-state index in [0.717, 1.165) is 31.5 Å². The van der Waals surface area contributed by atoms with Gasteiger partial charge in [0.2, 0.25) is 0 Å². The van der Waals surface area contributed by atoms with Crippen molar-refractivity contribution in [3.05, 3.63) is 29.6 Å². The standard InChI is InChI=1S/C15H23FN2/c1-3-18-9-4-5-13(8-10-18)17-15-7-6-12(2)11-14(15)16/h6-7,11,13,17H,3-5,8-10H2,1-2H3. The van der Waals surface area contributed by atoms with Crippen molar-refractivity contribution < 1.29 is 4.39 Å². The number of benzene rings is 1. The van der Waals surface area contributed by atoms with Crippen LogP contribution in [0.4, 0.5) is 10.1 Å². The summed E-state index contributed by atoms with van der Waals surface area (Å²) >= 11 is 0. The van der Waals surface area contributed by atoms with Crippen LogP contribution in [0, 0.1) is 12.7 Å². The molecule has 1 fully saturated rings. The quantitative estimate of drug-likeness (QED) is 0.884. The number of rotatable bonds is 3. The molecular formula is C15H23FN2. The molecule has 1 N–H and O–H groups in total. The van der Waals surface area contributed by atoms with Crippen LogP contribution in [0.25, 0.3) is 0 Å². The van der Waals surface area contributed by atoms with Gasteiger partial charge in [-0.3, -0.25) is 0 Å². The molecule has 1 saturated heterocycles. The van der Waals surface area contributed by atoms with E-state index < -0.39 is 0 Å². The molecule has 0 aromatic heterocycles. The maximum Gasteiger partial charge on any atom is 0.146 e. The Morgan fingerprint density at radius 2 is 2.17 bits per heavy atom. The van der Waals surface area contributed by atoms with Gasteiger partial charge < -0.3 is 10.2 Å². The van der Waals surface area contributed by atoms with E-state index in [9.17, 15) is 4.39 Å². The Hall–Kier alpha value is -1.09. The Balaban J connectivity index is 1.96. The Morgan fingerprint density at radius 3 is 2.89 bits per heavy atom. The molecule has 1 aliphatic heterocycles. The van der Waals surface area contributed by atoms with Gasteiger partial charge in [-0.05, 0) is 57.0 Å². The summed E-state index contributed by atoms with van der Waals surface area (Å²) in [5.74, 6) is -0.133. The molecule has 1 atom stereocenters. The number of likely N-dealkylation sites (tertiary alicyclic amines) is 1. The first-order valence-electron chi connectivity index (χ1n) is 6.94. The summed E-state index contributed by atoms with van der Waals surface area (Å²) in [7, 11) is 0. The van der Waals surface area contributed by atoms with E-state index in [1.54, 1.807) is 6.07 Å². The zero-order valence-electron chi connectivity index (χ0n) is 11.4. The predicted molar refractivity (Wildman–Crippen MR) is 74.5 cm³/mol. The summed E-state index contributed by atoms with van der Waals surface area (Å²) in [4.78, 5) is 2.47. The predicted octanol–water partition coefficient (Wildman–Crippen LogP) is 3.42. The molecule has 0 amide bonds. The van der Waals surface area contributed by atoms with Gasteiger partial charge in [-0.2, -0.15) is 0 Å². The highest BCUT2D eigenvalue weighted by molar-refractivity contribution is 5.46. The molecule has 18 heavy (non-hydrogen) atoms. The lowest BCUT2D eigenvalue weighted by Crippen LogP contribution is -2.26. The fourth-order valence-corrected chi connectivity index (χ4v) is 2.57. The Kier molecular flexibility index (Phi) is 4.59. The van der Waals surface area contributed by atoms with E-state index in [4.69, 9.17) is 0 Å². The summed E-state index contributed by atoms with van der Waals surface area (Å²) in [6.07, 6.45) is 3.42. The molecule has 1 aromatic carbocycles. The van der Waals surface area contributed by atoms with Crippen molar-refractivity contribution in [2.24, 2.45) is 0 Å². The van der Waals surface area contributed by atoms with Crippen LogP contribution < -0.4 is 5.32 Å². The average Bonchev–Trinajstić information content (AvgIpc) is 2.58. The second-order valence-corrected chi connectivity index (χ2v) is 5.19. The van der Waals surface area contributed by atoms with Crippen LogP contribution in [0.1, 0.15) is 31.7 Å². The summed E-state index contributed by atoms with van der Waals surface area (Å²) in [6, 6.07) is 5.81. The van der Waals surface area contributed by atoms with Gasteiger partial charge in [0, 0.05) is 12.6 Å². The molecule has 0 aliphatic carbocycles. The van der Waals surface area contributed by atoms with E-state index in [2.05, 4.69) is 17.1 Å². The number of halogens is 1. The van der Waals surface area contributed by atoms with Crippen molar-refractivity contribution in [2.45, 2.75) is 39.2 Å². The van der Waals surface area contributed by atoms with Crippen molar-refractivity contribution in [2.75, 3.05) is 25.0 Å². The van der Waals surface area contributed by atoms with Crippen LogP contribution in [0.15, 0.2) is 18.2 Å². The van der Waals surface area contributed by atoms with E-state index >= 15 is 0 Å². The zero-order chi connectivity index (χ0) is 13.0. The first-order valence-corrected chi connectivity index (χ1v) is 6.94. The molecule has 1 aromatic rings. The van der Waals surface area contributed by atoms with Crippen molar-refractivity contribution in [1.29, 1.82) is 0 Å². The minimum Gasteiger partial charge on any atom is -0.380 e. The molecule has 1 heterocycles. The van der Waals surface area contributed by atoms with Gasteiger partial charge in [0.05, 0.1) is 5.69 Å². The van der Waals surface area contributed by atoms with Gasteiger partial charge >= 0.3 is 0 Å². The molecule has 100 valence electrons. The first-order chi connectivity index (χ1) is 8.69. The third-order valence-electron chi connectivity index (χ3n) is 3.75. The van der Waals surface area contributed by atoms with Crippen molar-refractivity contribution >= 4 is 5.69 Å². The summed E-state index contributed by atoms with van der Waals surface area (Å²) < 4.78 is 13.8. The molecule has 0 bridgehead atoms. The van der Waals surface area contributed by atoms with Gasteiger partial charge in [0.1, 0.15) is 5.82 Å². The van der Waals surface area contributed by atoms with E-state index in [-0.39, 0.29) is 5.82 Å². The average molecular weight is 250 g/mol. The van der Waals surface area contributed by atoms with Gasteiger partial charge in [-0.1, -0.05) is 13.0 Å². The summed E-state index contributed by atoms with van der Waals surface area (Å²) in [5.41, 5.74) is 1.62. The molecule has 3 heteroatoms. The lowest BCUT2D eigenvalue weighted by atomic mass is 10.1. The van der Waals surface area contributed by atoms with Crippen LogP contribution in [0.2, 0.25) is 0 Å². The highest BCUT2D eigenvalue weighted by Crippen LogP contribution is 2.20. The summed E-state index contributed by atoms with van der Waals surface area (Å²) in [5, 5.41) is 3.36. The van der Waals surface area contributed by atoms with Crippen molar-refractivity contribution in [3.63, 3.8) is 0 Å². The van der Waals surface area contributed by atoms with Crippen LogP contribution in [0.3, 0.4) is 0 Å². The Bertz CT molecular complexity index is 392. The minimum atomic E-state index is -0.133. The molecule has 1 aliphatic rings. The summed E-state index contributed by atoms with van der Waals surface area (Å²) in [6.45, 7) is 7.52. The Labute approximate surface area is 109 Å². The van der Waals surface area contributed by atoms with Crippen molar-refractivity contribution in [3.8, 4) is 0 Å². The number of anilines is 1. The van der Waals surface area contributed by atoms with Crippen LogP contribution in [-0.2, 0) is 0 Å². The number of hydrogen-bond acceptors (Lipinski definition) is 2. The van der Waals surface area contributed by atoms with Crippen molar-refractivity contribution in [1.82, 2.24) is 4.90 Å². The second kappa shape index (κ2) is 6.19. The second-order valence-electron chi connectivity index (χ2n) is 5.19. The number of nitrogens with one attached hydrogen (secondary N) is 1. The molecule has 1 unspecified atom stereocenters. The Morgan fingerprint density at radius 1 is 1.33 bits per heavy atom. The lowest BCUT2D eigenvalue weighted by molar-refractivity contribution is 0.300. The third kappa shape index (κ3) is 3.45. The first kappa shape index (κ1) is 13.3. The topological polar surface area (TPSA) is 15.3 Å². The third-order valence-corrected chi connectivity index (χ3v) is 3.75. The van der Waals surface area contributed by atoms with E-state index in [1.165, 1.54) is 13.0 Å². The number of nitrogens with zero attached hydrogens (tertiary/aromatic N) is 1. The maximum absolute atomic E-state index is 13.8. The fourth-order valence-electron chi connectivity index (χ4n) is 2.57. The molecule has 0 radical (unpaired) electrons. The van der Waals surface area contributed by atoms with E-state index in [1.807, 2.05) is 19.1 Å². The van der Waals surface area contributed by atoms with Gasteiger partial charge in [0.15, 0.2) is 0 Å². The molecule has 0 spiro atoms. The smallest absolute Gasteiger partial charge is 0.146 e. The fraction of sp³-hybridized carbons (Fsp3) is 0.600. The van der Waals surface area contributed by atoms with Crippen LogP contribution in [0.5, 0.6) is 0 Å². The highest BCUT2D eigenvalue weighted by atomic mass is 19.1. The van der Waals surface area contributed by atoms with Crippen LogP contribution in [-0.4, -0.2) is 30.6 Å². The lowest BCUT2D eigenvalue weighted by Gasteiger charge is -2.19. The molecule has 0 saturated carbocycles. The van der Waals surface area contributed by atoms with E-state index in [0.29, 0.717) is 11.7 Å². The largest absolute Gasteiger partial charge is 0.380 e. The molecule has 2 nitrogen and oxygen atoms in total. The molecular weight excluding hydrogens is 227 g/mol. The maximum atomic E-state index is 13.8. The van der Waals surface area contributed by atoms with Gasteiger partial charge in [-0.15, -0.1) is 0 Å². The van der Waals surface area contributed by atoms with Gasteiger partial charge in [-0.25, -0.2) is 4.39 Å². The van der Waals surface area contributed by atoms with Gasteiger partial charge in [0.25, 0.3) is 0 Å². The SMILES string of the molecule is CCN1CCCC(Nc2ccc(C)cc2F)CC1. The zero-order valence-corrected chi connectivity index (χ0v) is 11.4. The van der Waals surface area contributed by atoms with Crippen LogP contribution >= 0.6 is 0 Å². The number of hydrogen-bond donors (Lipinski definition) is 1. The minimum absolute atomic E-state index is 0.133.